The van der Waals surface area contributed by atoms with Crippen LogP contribution in [0.4, 0.5) is 5.69 Å². The maximum atomic E-state index is 12.1. The number of rotatable bonds is 3. The van der Waals surface area contributed by atoms with Crippen LogP contribution in [0.3, 0.4) is 0 Å². The Bertz CT molecular complexity index is 664. The average Bonchev–Trinajstić information content (AvgIpc) is 2.43. The van der Waals surface area contributed by atoms with Crippen molar-refractivity contribution < 1.29 is 14.6 Å². The third-order valence-corrected chi connectivity index (χ3v) is 3.25. The van der Waals surface area contributed by atoms with Gasteiger partial charge in [-0.15, -0.1) is 0 Å². The van der Waals surface area contributed by atoms with Gasteiger partial charge in [-0.3, -0.25) is 4.79 Å². The minimum absolute atomic E-state index is 0.0837. The summed E-state index contributed by atoms with van der Waals surface area (Å²) >= 11 is 9.13. The summed E-state index contributed by atoms with van der Waals surface area (Å²) in [5, 5.41) is 12.7. The highest BCUT2D eigenvalue weighted by Crippen LogP contribution is 2.30. The molecule has 5 nitrogen and oxygen atoms in total. The molecule has 7 heteroatoms. The van der Waals surface area contributed by atoms with E-state index in [1.54, 1.807) is 18.2 Å². The zero-order valence-electron chi connectivity index (χ0n) is 10.4. The van der Waals surface area contributed by atoms with E-state index in [9.17, 15) is 9.90 Å². The Kier molecular flexibility index (Phi) is 4.46. The molecule has 0 fully saturated rings. The number of carbonyl (C=O) groups is 1. The Morgan fingerprint density at radius 3 is 2.95 bits per heavy atom. The van der Waals surface area contributed by atoms with E-state index < -0.39 is 5.91 Å². The maximum Gasteiger partial charge on any atom is 0.259 e. The number of halogens is 2. The van der Waals surface area contributed by atoms with Crippen LogP contribution in [0.5, 0.6) is 11.5 Å². The molecule has 2 aromatic rings. The maximum absolute atomic E-state index is 12.1. The average molecular weight is 358 g/mol. The molecule has 1 aromatic carbocycles. The van der Waals surface area contributed by atoms with E-state index in [-0.39, 0.29) is 22.2 Å². The smallest absolute Gasteiger partial charge is 0.259 e. The Hall–Kier alpha value is -1.79. The van der Waals surface area contributed by atoms with E-state index >= 15 is 0 Å². The number of carbonyl (C=O) groups excluding carboxylic acids is 1. The summed E-state index contributed by atoms with van der Waals surface area (Å²) in [6, 6.07) is 6.25. The van der Waals surface area contributed by atoms with E-state index in [4.69, 9.17) is 16.3 Å². The zero-order valence-corrected chi connectivity index (χ0v) is 12.7. The fourth-order valence-corrected chi connectivity index (χ4v) is 2.05. The van der Waals surface area contributed by atoms with Gasteiger partial charge in [-0.25, -0.2) is 4.98 Å². The van der Waals surface area contributed by atoms with Gasteiger partial charge in [-0.05, 0) is 34.1 Å². The lowest BCUT2D eigenvalue weighted by molar-refractivity contribution is 0.102. The van der Waals surface area contributed by atoms with Gasteiger partial charge in [0.25, 0.3) is 5.91 Å². The van der Waals surface area contributed by atoms with Gasteiger partial charge in [0.15, 0.2) is 16.7 Å². The summed E-state index contributed by atoms with van der Waals surface area (Å²) in [5.74, 6) is -0.522. The minimum Gasteiger partial charge on any atom is -0.504 e. The molecule has 1 heterocycles. The number of para-hydroxylation sites is 1. The van der Waals surface area contributed by atoms with E-state index in [2.05, 4.69) is 26.2 Å². The second-order valence-corrected chi connectivity index (χ2v) is 5.08. The zero-order chi connectivity index (χ0) is 14.7. The molecule has 104 valence electrons. The largest absolute Gasteiger partial charge is 0.504 e. The van der Waals surface area contributed by atoms with Gasteiger partial charge < -0.3 is 15.2 Å². The number of ether oxygens (including phenoxy) is 1. The molecule has 0 aliphatic carbocycles. The molecule has 20 heavy (non-hydrogen) atoms. The fourth-order valence-electron chi connectivity index (χ4n) is 1.57. The SMILES string of the molecule is COc1cccc(C(=O)Nc2cc(Br)cnc2Cl)c1O. The number of pyridine rings is 1. The number of phenols is 1. The molecule has 0 bridgehead atoms. The quantitative estimate of drug-likeness (QED) is 0.825. The van der Waals surface area contributed by atoms with Crippen molar-refractivity contribution in [2.45, 2.75) is 0 Å². The minimum atomic E-state index is -0.511. The summed E-state index contributed by atoms with van der Waals surface area (Å²) in [4.78, 5) is 16.0. The van der Waals surface area contributed by atoms with Crippen LogP contribution in [0.2, 0.25) is 5.15 Å². The highest BCUT2D eigenvalue weighted by molar-refractivity contribution is 9.10. The van der Waals surface area contributed by atoms with Crippen LogP contribution in [0.1, 0.15) is 10.4 Å². The highest BCUT2D eigenvalue weighted by Gasteiger charge is 2.16. The van der Waals surface area contributed by atoms with Gasteiger partial charge in [0.1, 0.15) is 0 Å². The predicted molar refractivity (Wildman–Crippen MR) is 79.6 cm³/mol. The first-order chi connectivity index (χ1) is 9.52. The first-order valence-corrected chi connectivity index (χ1v) is 6.68. The lowest BCUT2D eigenvalue weighted by Crippen LogP contribution is -2.13. The lowest BCUT2D eigenvalue weighted by Gasteiger charge is -2.10. The van der Waals surface area contributed by atoms with Gasteiger partial charge in [-0.1, -0.05) is 17.7 Å². The Morgan fingerprint density at radius 1 is 1.50 bits per heavy atom. The van der Waals surface area contributed by atoms with Crippen LogP contribution >= 0.6 is 27.5 Å². The molecule has 0 radical (unpaired) electrons. The van der Waals surface area contributed by atoms with Crippen LogP contribution in [-0.4, -0.2) is 23.1 Å². The Morgan fingerprint density at radius 2 is 2.25 bits per heavy atom. The number of aromatic nitrogens is 1. The third kappa shape index (κ3) is 3.02. The van der Waals surface area contributed by atoms with E-state index in [0.29, 0.717) is 10.2 Å². The van der Waals surface area contributed by atoms with Gasteiger partial charge in [0.2, 0.25) is 0 Å². The van der Waals surface area contributed by atoms with Crippen molar-refractivity contribution in [1.29, 1.82) is 0 Å². The van der Waals surface area contributed by atoms with Crippen molar-refractivity contribution in [2.75, 3.05) is 12.4 Å². The second-order valence-electron chi connectivity index (χ2n) is 3.80. The number of nitrogens with one attached hydrogen (secondary N) is 1. The summed E-state index contributed by atoms with van der Waals surface area (Å²) in [7, 11) is 1.41. The molecule has 0 saturated heterocycles. The molecular weight excluding hydrogens is 348 g/mol. The number of hydrogen-bond acceptors (Lipinski definition) is 4. The molecule has 0 aliphatic rings. The number of anilines is 1. The topological polar surface area (TPSA) is 71.5 Å². The Balaban J connectivity index is 2.31. The highest BCUT2D eigenvalue weighted by atomic mass is 79.9. The summed E-state index contributed by atoms with van der Waals surface area (Å²) in [6.45, 7) is 0. The molecule has 0 unspecified atom stereocenters. The number of nitrogens with zero attached hydrogens (tertiary/aromatic N) is 1. The molecule has 1 amide bonds. The molecule has 0 aliphatic heterocycles. The molecule has 2 rings (SSSR count). The molecule has 0 spiro atoms. The van der Waals surface area contributed by atoms with Crippen LogP contribution in [0.15, 0.2) is 34.9 Å². The van der Waals surface area contributed by atoms with Crippen LogP contribution in [-0.2, 0) is 0 Å². The van der Waals surface area contributed by atoms with Gasteiger partial charge >= 0.3 is 0 Å². The van der Waals surface area contributed by atoms with E-state index in [1.165, 1.54) is 19.4 Å². The number of methoxy groups -OCH3 is 1. The molecule has 1 aromatic heterocycles. The van der Waals surface area contributed by atoms with Crippen LogP contribution < -0.4 is 10.1 Å². The number of benzene rings is 1. The van der Waals surface area contributed by atoms with Crippen LogP contribution in [0, 0.1) is 0 Å². The van der Waals surface area contributed by atoms with Crippen molar-refractivity contribution in [3.63, 3.8) is 0 Å². The lowest BCUT2D eigenvalue weighted by atomic mass is 10.1. The number of amides is 1. The molecular formula is C13H10BrClN2O3. The van der Waals surface area contributed by atoms with Crippen molar-refractivity contribution in [1.82, 2.24) is 4.98 Å². The standard InChI is InChI=1S/C13H10BrClN2O3/c1-20-10-4-2-3-8(11(10)18)13(19)17-9-5-7(14)6-16-12(9)15/h2-6,18H,1H3,(H,17,19). The number of hydrogen-bond donors (Lipinski definition) is 2. The third-order valence-electron chi connectivity index (χ3n) is 2.52. The van der Waals surface area contributed by atoms with Crippen molar-refractivity contribution >= 4 is 39.1 Å². The van der Waals surface area contributed by atoms with Gasteiger partial charge in [-0.2, -0.15) is 0 Å². The van der Waals surface area contributed by atoms with E-state index in [0.717, 1.165) is 0 Å². The normalized spacial score (nSPS) is 10.2. The van der Waals surface area contributed by atoms with Crippen molar-refractivity contribution in [3.05, 3.63) is 45.7 Å². The molecule has 2 N–H and O–H groups in total. The van der Waals surface area contributed by atoms with Crippen molar-refractivity contribution in [3.8, 4) is 11.5 Å². The monoisotopic (exact) mass is 356 g/mol. The number of phenolic OH excluding ortho intramolecular Hbond substituents is 1. The Labute approximate surface area is 128 Å². The van der Waals surface area contributed by atoms with Crippen LogP contribution in [0.25, 0.3) is 0 Å². The number of aromatic hydroxyl groups is 1. The van der Waals surface area contributed by atoms with Crippen molar-refractivity contribution in [2.24, 2.45) is 0 Å². The van der Waals surface area contributed by atoms with Gasteiger partial charge in [0, 0.05) is 10.7 Å². The second kappa shape index (κ2) is 6.11. The summed E-state index contributed by atoms with van der Waals surface area (Å²) < 4.78 is 5.63. The molecule has 0 saturated carbocycles. The van der Waals surface area contributed by atoms with E-state index in [1.807, 2.05) is 0 Å². The first kappa shape index (κ1) is 14.6. The summed E-state index contributed by atoms with van der Waals surface area (Å²) in [5.41, 5.74) is 0.425. The molecule has 0 atom stereocenters. The fraction of sp³-hybridized carbons (Fsp3) is 0.0769. The van der Waals surface area contributed by atoms with Gasteiger partial charge in [0.05, 0.1) is 18.4 Å². The predicted octanol–water partition coefficient (Wildman–Crippen LogP) is 3.46. The first-order valence-electron chi connectivity index (χ1n) is 5.51. The summed E-state index contributed by atoms with van der Waals surface area (Å²) in [6.07, 6.45) is 1.51.